The van der Waals surface area contributed by atoms with E-state index in [2.05, 4.69) is 20.0 Å². The number of halogens is 3. The van der Waals surface area contributed by atoms with E-state index in [9.17, 15) is 36.4 Å². The van der Waals surface area contributed by atoms with E-state index in [0.29, 0.717) is 24.8 Å². The fraction of sp³-hybridized carbons (Fsp3) is 0.393. The van der Waals surface area contributed by atoms with Gasteiger partial charge in [0.1, 0.15) is 0 Å². The highest BCUT2D eigenvalue weighted by molar-refractivity contribution is 7.90. The van der Waals surface area contributed by atoms with Gasteiger partial charge in [-0.2, -0.15) is 18.3 Å². The number of nitrogens with one attached hydrogen (secondary N) is 1. The van der Waals surface area contributed by atoms with Gasteiger partial charge in [-0.25, -0.2) is 17.8 Å². The molecule has 17 heteroatoms. The average molecular weight is 655 g/mol. The molecule has 1 aromatic heterocycles. The molecule has 0 unspecified atom stereocenters. The number of aryl methyl sites for hydroxylation is 1. The molecule has 45 heavy (non-hydrogen) atoms. The minimum atomic E-state index is -4.69. The Hall–Kier alpha value is -4.67. The molecule has 0 aliphatic carbocycles. The monoisotopic (exact) mass is 654 g/mol. The molecular formula is C28H33F3N6O7S. The Labute approximate surface area is 257 Å². The third-order valence-electron chi connectivity index (χ3n) is 6.35. The summed E-state index contributed by atoms with van der Waals surface area (Å²) in [6.45, 7) is 3.20. The fourth-order valence-electron chi connectivity index (χ4n) is 3.89. The lowest BCUT2D eigenvalue weighted by atomic mass is 10.1. The van der Waals surface area contributed by atoms with Gasteiger partial charge in [0.2, 0.25) is 11.2 Å². The largest absolute Gasteiger partial charge is 0.569 e. The van der Waals surface area contributed by atoms with E-state index in [1.165, 1.54) is 36.3 Å². The van der Waals surface area contributed by atoms with Crippen LogP contribution < -0.4 is 4.72 Å². The number of amides is 1. The van der Waals surface area contributed by atoms with Crippen molar-refractivity contribution in [2.45, 2.75) is 57.0 Å². The van der Waals surface area contributed by atoms with Crippen LogP contribution in [0.4, 0.5) is 13.2 Å². The Morgan fingerprint density at radius 3 is 2.38 bits per heavy atom. The van der Waals surface area contributed by atoms with Gasteiger partial charge in [-0.3, -0.25) is 9.59 Å². The van der Waals surface area contributed by atoms with Crippen molar-refractivity contribution in [3.8, 4) is 16.9 Å². The molecule has 1 amide bonds. The molecule has 0 bridgehead atoms. The molecule has 2 aromatic carbocycles. The summed E-state index contributed by atoms with van der Waals surface area (Å²) in [5.74, 6) is -1.25. The maximum atomic E-state index is 13.5. The molecule has 0 saturated heterocycles. The van der Waals surface area contributed by atoms with E-state index in [1.807, 2.05) is 11.6 Å². The lowest BCUT2D eigenvalue weighted by Gasteiger charge is -2.12. The number of hydrogen-bond acceptors (Lipinski definition) is 9. The number of alkyl halides is 3. The van der Waals surface area contributed by atoms with Crippen molar-refractivity contribution in [3.63, 3.8) is 0 Å². The number of benzene rings is 2. The van der Waals surface area contributed by atoms with Gasteiger partial charge < -0.3 is 14.8 Å². The first-order valence-electron chi connectivity index (χ1n) is 13.8. The maximum Gasteiger partial charge on any atom is 0.435 e. The molecule has 13 nitrogen and oxygen atoms in total. The van der Waals surface area contributed by atoms with Gasteiger partial charge in [0.25, 0.3) is 16.8 Å². The molecule has 1 N–H and O–H groups in total. The quantitative estimate of drug-likeness (QED) is 0.0602. The number of esters is 1. The SMILES string of the molecule is CCC(=O)OCON=[N+]([O-])N(C)CCCCCC(=O)NS(=O)(=O)c1ccc(-n2nc(C(F)(F)F)cc2-c2ccc(C)cc2)cc1. The van der Waals surface area contributed by atoms with E-state index >= 15 is 0 Å². The second kappa shape index (κ2) is 15.4. The van der Waals surface area contributed by atoms with Crippen molar-refractivity contribution >= 4 is 21.9 Å². The number of hydrogen-bond donors (Lipinski definition) is 1. The second-order valence-corrected chi connectivity index (χ2v) is 11.5. The molecule has 0 saturated carbocycles. The predicted octanol–water partition coefficient (Wildman–Crippen LogP) is 4.88. The number of hydrazine groups is 1. The zero-order valence-electron chi connectivity index (χ0n) is 24.8. The van der Waals surface area contributed by atoms with Crippen LogP contribution in [0.25, 0.3) is 16.9 Å². The van der Waals surface area contributed by atoms with Crippen LogP contribution in [-0.2, 0) is 35.4 Å². The molecule has 3 aromatic rings. The van der Waals surface area contributed by atoms with Gasteiger partial charge in [-0.05, 0) is 50.1 Å². The lowest BCUT2D eigenvalue weighted by Crippen LogP contribution is -2.30. The van der Waals surface area contributed by atoms with Crippen LogP contribution in [0.5, 0.6) is 0 Å². The number of carbonyl (C=O) groups is 2. The molecule has 0 radical (unpaired) electrons. The van der Waals surface area contributed by atoms with E-state index in [4.69, 9.17) is 0 Å². The highest BCUT2D eigenvalue weighted by Crippen LogP contribution is 2.33. The molecule has 1 heterocycles. The molecule has 244 valence electrons. The number of sulfonamides is 1. The minimum absolute atomic E-state index is 0.105. The number of ether oxygens (including phenoxy) is 1. The van der Waals surface area contributed by atoms with Crippen LogP contribution in [0.2, 0.25) is 0 Å². The third kappa shape index (κ3) is 10.2. The molecule has 0 fully saturated rings. The summed E-state index contributed by atoms with van der Waals surface area (Å²) in [6.07, 6.45) is -3.35. The summed E-state index contributed by atoms with van der Waals surface area (Å²) in [6, 6.07) is 12.7. The highest BCUT2D eigenvalue weighted by Gasteiger charge is 2.35. The number of unbranched alkanes of at least 4 members (excludes halogenated alkanes) is 2. The van der Waals surface area contributed by atoms with Gasteiger partial charge in [-0.1, -0.05) is 43.2 Å². The lowest BCUT2D eigenvalue weighted by molar-refractivity contribution is -0.706. The van der Waals surface area contributed by atoms with Crippen LogP contribution >= 0.6 is 0 Å². The zero-order chi connectivity index (χ0) is 33.2. The Kier molecular flexibility index (Phi) is 11.9. The first-order chi connectivity index (χ1) is 21.2. The Morgan fingerprint density at radius 1 is 1.09 bits per heavy atom. The highest BCUT2D eigenvalue weighted by atomic mass is 32.2. The first-order valence-corrected chi connectivity index (χ1v) is 15.3. The van der Waals surface area contributed by atoms with Gasteiger partial charge in [0, 0.05) is 18.4 Å². The van der Waals surface area contributed by atoms with Gasteiger partial charge in [-0.15, -0.1) is 5.01 Å². The van der Waals surface area contributed by atoms with Crippen molar-refractivity contribution < 1.29 is 45.7 Å². The van der Waals surface area contributed by atoms with E-state index in [-0.39, 0.29) is 40.6 Å². The molecular weight excluding hydrogens is 621 g/mol. The number of rotatable bonds is 15. The third-order valence-corrected chi connectivity index (χ3v) is 7.74. The van der Waals surface area contributed by atoms with Crippen molar-refractivity contribution in [1.29, 1.82) is 0 Å². The van der Waals surface area contributed by atoms with E-state index in [0.717, 1.165) is 16.3 Å². The Bertz CT molecular complexity index is 1590. The van der Waals surface area contributed by atoms with Crippen molar-refractivity contribution in [2.24, 2.45) is 5.28 Å². The number of aromatic nitrogens is 2. The molecule has 0 aliphatic rings. The number of carbonyl (C=O) groups excluding carboxylic acids is 2. The second-order valence-electron chi connectivity index (χ2n) is 9.86. The Morgan fingerprint density at radius 2 is 1.76 bits per heavy atom. The zero-order valence-corrected chi connectivity index (χ0v) is 25.6. The summed E-state index contributed by atoms with van der Waals surface area (Å²) >= 11 is 0. The van der Waals surface area contributed by atoms with Crippen LogP contribution in [0.15, 0.2) is 64.8 Å². The van der Waals surface area contributed by atoms with Crippen molar-refractivity contribution in [1.82, 2.24) is 19.5 Å². The normalized spacial score (nSPS) is 12.1. The maximum absolute atomic E-state index is 13.5. The van der Waals surface area contributed by atoms with Crippen LogP contribution in [0, 0.1) is 12.1 Å². The van der Waals surface area contributed by atoms with E-state index in [1.54, 1.807) is 31.2 Å². The molecule has 3 rings (SSSR count). The van der Waals surface area contributed by atoms with Crippen LogP contribution in [-0.4, -0.2) is 60.4 Å². The topological polar surface area (TPSA) is 158 Å². The Balaban J connectivity index is 1.54. The first kappa shape index (κ1) is 34.8. The minimum Gasteiger partial charge on any atom is -0.569 e. The average Bonchev–Trinajstić information content (AvgIpc) is 3.45. The summed E-state index contributed by atoms with van der Waals surface area (Å²) < 4.78 is 73.6. The van der Waals surface area contributed by atoms with Crippen molar-refractivity contribution in [2.75, 3.05) is 20.4 Å². The summed E-state index contributed by atoms with van der Waals surface area (Å²) in [4.78, 5) is 27.8. The van der Waals surface area contributed by atoms with E-state index < -0.39 is 40.6 Å². The smallest absolute Gasteiger partial charge is 0.435 e. The van der Waals surface area contributed by atoms with Crippen molar-refractivity contribution in [3.05, 3.63) is 71.1 Å². The van der Waals surface area contributed by atoms with Gasteiger partial charge in [0.15, 0.2) is 5.69 Å². The summed E-state index contributed by atoms with van der Waals surface area (Å²) in [7, 11) is -2.80. The fourth-order valence-corrected chi connectivity index (χ4v) is 4.90. The molecule has 0 atom stereocenters. The molecule has 0 spiro atoms. The summed E-state index contributed by atoms with van der Waals surface area (Å²) in [5.41, 5.74) is 0.656. The predicted molar refractivity (Wildman–Crippen MR) is 154 cm³/mol. The van der Waals surface area contributed by atoms with Gasteiger partial charge in [0.05, 0.1) is 34.8 Å². The summed E-state index contributed by atoms with van der Waals surface area (Å²) in [5, 5.41) is 19.9. The standard InChI is InChI=1S/C28H33F3N6O7S/c1-4-27(39)43-19-44-34-37(40)35(3)17-7-5-6-8-26(38)33-45(41,42)23-15-13-22(14-16-23)36-24(18-25(32-36)28(29,30)31)21-11-9-20(2)10-12-21/h9-16,18H,4-8,17,19H2,1-3H3,(H,33,38). The van der Waals surface area contributed by atoms with Crippen LogP contribution in [0.1, 0.15) is 50.3 Å². The van der Waals surface area contributed by atoms with Gasteiger partial charge >= 0.3 is 12.1 Å². The molecule has 0 aliphatic heterocycles. The van der Waals surface area contributed by atoms with Crippen LogP contribution in [0.3, 0.4) is 0 Å². The number of nitrogens with zero attached hydrogens (tertiary/aromatic N) is 5.